The molecule has 1 aliphatic rings. The highest BCUT2D eigenvalue weighted by molar-refractivity contribution is 5.74. The third-order valence-electron chi connectivity index (χ3n) is 2.01. The molecule has 1 nitrogen and oxygen atoms in total. The molecular formula is C11H11N. The van der Waals surface area contributed by atoms with Crippen LogP contribution in [0.5, 0.6) is 0 Å². The fourth-order valence-corrected chi connectivity index (χ4v) is 1.51. The first-order valence-electron chi connectivity index (χ1n) is 4.05. The standard InChI is InChI=1S/C11H11N/c1-9-7-10-5-3-4-6-11(10)12(2)8-9/h3-7H,1-2H3. The van der Waals surface area contributed by atoms with E-state index >= 15 is 0 Å². The van der Waals surface area contributed by atoms with Crippen molar-refractivity contribution in [2.24, 2.45) is 0 Å². The van der Waals surface area contributed by atoms with Crippen LogP contribution in [0.15, 0.2) is 29.8 Å². The first kappa shape index (κ1) is 7.41. The molecule has 1 aliphatic heterocycles. The van der Waals surface area contributed by atoms with Gasteiger partial charge in [-0.1, -0.05) is 24.3 Å². The predicted octanol–water partition coefficient (Wildman–Crippen LogP) is 2.58. The molecule has 1 heteroatoms. The monoisotopic (exact) mass is 157 g/mol. The first-order chi connectivity index (χ1) is 5.77. The van der Waals surface area contributed by atoms with Gasteiger partial charge in [0.05, 0.1) is 0 Å². The summed E-state index contributed by atoms with van der Waals surface area (Å²) in [5.74, 6) is 0. The van der Waals surface area contributed by atoms with Crippen LogP contribution in [-0.2, 0) is 0 Å². The van der Waals surface area contributed by atoms with E-state index in [-0.39, 0.29) is 0 Å². The van der Waals surface area contributed by atoms with Crippen LogP contribution in [0.25, 0.3) is 6.08 Å². The highest BCUT2D eigenvalue weighted by Crippen LogP contribution is 2.28. The summed E-state index contributed by atoms with van der Waals surface area (Å²) in [6.07, 6.45) is 2.15. The molecule has 2 radical (unpaired) electrons. The van der Waals surface area contributed by atoms with Crippen LogP contribution in [0.3, 0.4) is 0 Å². The lowest BCUT2D eigenvalue weighted by atomic mass is 10.0. The Bertz CT molecular complexity index is 326. The van der Waals surface area contributed by atoms with Gasteiger partial charge in [-0.05, 0) is 24.1 Å². The van der Waals surface area contributed by atoms with Crippen LogP contribution in [-0.4, -0.2) is 7.05 Å². The summed E-state index contributed by atoms with van der Waals surface area (Å²) < 4.78 is 0. The fraction of sp³-hybridized carbons (Fsp3) is 0.182. The van der Waals surface area contributed by atoms with Crippen molar-refractivity contribution < 1.29 is 0 Å². The summed E-state index contributed by atoms with van der Waals surface area (Å²) in [5, 5.41) is 0. The van der Waals surface area contributed by atoms with Gasteiger partial charge in [-0.25, -0.2) is 0 Å². The Balaban J connectivity index is 2.55. The molecule has 0 N–H and O–H groups in total. The highest BCUT2D eigenvalue weighted by Gasteiger charge is 2.11. The number of hydrogen-bond donors (Lipinski definition) is 0. The Morgan fingerprint density at radius 3 is 2.83 bits per heavy atom. The van der Waals surface area contributed by atoms with E-state index < -0.39 is 0 Å². The van der Waals surface area contributed by atoms with Gasteiger partial charge in [0.25, 0.3) is 0 Å². The van der Waals surface area contributed by atoms with E-state index in [2.05, 4.69) is 37.7 Å². The molecule has 1 heterocycles. The van der Waals surface area contributed by atoms with Crippen molar-refractivity contribution in [3.63, 3.8) is 0 Å². The number of rotatable bonds is 0. The minimum Gasteiger partial charge on any atom is -0.359 e. The molecule has 0 aromatic heterocycles. The van der Waals surface area contributed by atoms with Crippen LogP contribution in [0.1, 0.15) is 12.5 Å². The molecule has 0 spiro atoms. The van der Waals surface area contributed by atoms with E-state index in [9.17, 15) is 0 Å². The van der Waals surface area contributed by atoms with Crippen molar-refractivity contribution in [3.8, 4) is 0 Å². The second-order valence-electron chi connectivity index (χ2n) is 3.06. The van der Waals surface area contributed by atoms with E-state index in [1.807, 2.05) is 18.0 Å². The number of para-hydroxylation sites is 1. The number of fused-ring (bicyclic) bond motifs is 1. The van der Waals surface area contributed by atoms with Gasteiger partial charge >= 0.3 is 0 Å². The zero-order valence-electron chi connectivity index (χ0n) is 7.33. The summed E-state index contributed by atoms with van der Waals surface area (Å²) in [6, 6.07) is 8.33. The van der Waals surface area contributed by atoms with Gasteiger partial charge in [-0.3, -0.25) is 0 Å². The van der Waals surface area contributed by atoms with Gasteiger partial charge in [-0.15, -0.1) is 0 Å². The minimum absolute atomic E-state index is 1.18. The van der Waals surface area contributed by atoms with Gasteiger partial charge in [-0.2, -0.15) is 0 Å². The topological polar surface area (TPSA) is 3.24 Å². The van der Waals surface area contributed by atoms with Crippen molar-refractivity contribution in [1.29, 1.82) is 0 Å². The second kappa shape index (κ2) is 2.67. The molecule has 60 valence electrons. The van der Waals surface area contributed by atoms with Crippen LogP contribution in [0, 0.1) is 6.54 Å². The average Bonchev–Trinajstić information content (AvgIpc) is 2.04. The normalized spacial score (nSPS) is 15.5. The number of anilines is 1. The van der Waals surface area contributed by atoms with Gasteiger partial charge in [0.2, 0.25) is 0 Å². The summed E-state index contributed by atoms with van der Waals surface area (Å²) in [5.41, 5.74) is 3.68. The molecule has 0 saturated heterocycles. The molecule has 0 atom stereocenters. The molecule has 0 bridgehead atoms. The average molecular weight is 157 g/mol. The quantitative estimate of drug-likeness (QED) is 0.559. The largest absolute Gasteiger partial charge is 0.359 e. The molecule has 0 unspecified atom stereocenters. The third-order valence-corrected chi connectivity index (χ3v) is 2.01. The molecular weight excluding hydrogens is 146 g/mol. The van der Waals surface area contributed by atoms with Gasteiger partial charge in [0.1, 0.15) is 6.54 Å². The van der Waals surface area contributed by atoms with Gasteiger partial charge < -0.3 is 4.90 Å². The predicted molar refractivity (Wildman–Crippen MR) is 51.7 cm³/mol. The number of nitrogens with zero attached hydrogens (tertiary/aromatic N) is 1. The third kappa shape index (κ3) is 1.11. The summed E-state index contributed by atoms with van der Waals surface area (Å²) in [7, 11) is 2.02. The lowest BCUT2D eigenvalue weighted by Gasteiger charge is -2.24. The fourth-order valence-electron chi connectivity index (χ4n) is 1.51. The Labute approximate surface area is 73.3 Å². The molecule has 0 aliphatic carbocycles. The number of benzene rings is 1. The second-order valence-corrected chi connectivity index (χ2v) is 3.06. The Kier molecular flexibility index (Phi) is 1.65. The maximum Gasteiger partial charge on any atom is 0.121 e. The first-order valence-corrected chi connectivity index (χ1v) is 4.05. The van der Waals surface area contributed by atoms with Crippen molar-refractivity contribution in [1.82, 2.24) is 0 Å². The summed E-state index contributed by atoms with van der Waals surface area (Å²) >= 11 is 0. The van der Waals surface area contributed by atoms with E-state index in [0.29, 0.717) is 0 Å². The number of likely N-dealkylation sites (N-methyl/N-ethyl adjacent to an activating group) is 1. The summed E-state index contributed by atoms with van der Waals surface area (Å²) in [4.78, 5) is 2.03. The maximum absolute atomic E-state index is 3.23. The van der Waals surface area contributed by atoms with E-state index in [1.54, 1.807) is 0 Å². The molecule has 0 saturated carbocycles. The van der Waals surface area contributed by atoms with E-state index in [0.717, 1.165) is 0 Å². The maximum atomic E-state index is 3.23. The highest BCUT2D eigenvalue weighted by atomic mass is 15.1. The minimum atomic E-state index is 1.18. The molecule has 1 aromatic carbocycles. The lowest BCUT2D eigenvalue weighted by molar-refractivity contribution is 1.08. The van der Waals surface area contributed by atoms with Gasteiger partial charge in [0.15, 0.2) is 0 Å². The zero-order valence-corrected chi connectivity index (χ0v) is 7.33. The lowest BCUT2D eigenvalue weighted by Crippen LogP contribution is -2.17. The SMILES string of the molecule is CC1=Cc2ccccc2N(C)[C]1. The Morgan fingerprint density at radius 1 is 1.25 bits per heavy atom. The summed E-state index contributed by atoms with van der Waals surface area (Å²) in [6.45, 7) is 5.29. The van der Waals surface area contributed by atoms with Crippen molar-refractivity contribution >= 4 is 11.8 Å². The van der Waals surface area contributed by atoms with Crippen molar-refractivity contribution in [3.05, 3.63) is 41.9 Å². The smallest absolute Gasteiger partial charge is 0.121 e. The molecule has 0 amide bonds. The van der Waals surface area contributed by atoms with Crippen LogP contribution >= 0.6 is 0 Å². The number of hydrogen-bond acceptors (Lipinski definition) is 1. The molecule has 0 fully saturated rings. The van der Waals surface area contributed by atoms with Crippen LogP contribution in [0.4, 0.5) is 5.69 Å². The van der Waals surface area contributed by atoms with Crippen molar-refractivity contribution in [2.45, 2.75) is 6.92 Å². The molecule has 1 aromatic rings. The Morgan fingerprint density at radius 2 is 2.00 bits per heavy atom. The van der Waals surface area contributed by atoms with Gasteiger partial charge in [0, 0.05) is 12.7 Å². The van der Waals surface area contributed by atoms with Crippen molar-refractivity contribution in [2.75, 3.05) is 11.9 Å². The van der Waals surface area contributed by atoms with E-state index in [4.69, 9.17) is 0 Å². The van der Waals surface area contributed by atoms with E-state index in [1.165, 1.54) is 16.8 Å². The van der Waals surface area contributed by atoms with Crippen LogP contribution < -0.4 is 4.90 Å². The molecule has 2 rings (SSSR count). The molecule has 12 heavy (non-hydrogen) atoms. The van der Waals surface area contributed by atoms with Crippen LogP contribution in [0.2, 0.25) is 0 Å². The zero-order chi connectivity index (χ0) is 8.55. The Hall–Kier alpha value is -1.24.